The van der Waals surface area contributed by atoms with Crippen molar-refractivity contribution in [3.05, 3.63) is 72.7 Å². The van der Waals surface area contributed by atoms with E-state index in [4.69, 9.17) is 4.74 Å². The van der Waals surface area contributed by atoms with Gasteiger partial charge in [-0.25, -0.2) is 0 Å². The van der Waals surface area contributed by atoms with Crippen molar-refractivity contribution in [3.63, 3.8) is 0 Å². The molecule has 0 atom stereocenters. The second-order valence-corrected chi connectivity index (χ2v) is 5.18. The third-order valence-electron chi connectivity index (χ3n) is 3.43. The largest absolute Gasteiger partial charge is 0.461 e. The van der Waals surface area contributed by atoms with Crippen molar-refractivity contribution in [2.45, 2.75) is 19.6 Å². The minimum Gasteiger partial charge on any atom is -0.461 e. The molecule has 2 heterocycles. The molecule has 0 aliphatic heterocycles. The summed E-state index contributed by atoms with van der Waals surface area (Å²) in [5.41, 5.74) is 2.62. The molecule has 0 saturated heterocycles. The number of rotatable bonds is 6. The van der Waals surface area contributed by atoms with Gasteiger partial charge in [-0.2, -0.15) is 10.2 Å². The fraction of sp³-hybridized carbons (Fsp3) is 0.167. The van der Waals surface area contributed by atoms with E-state index < -0.39 is 0 Å². The van der Waals surface area contributed by atoms with E-state index in [0.29, 0.717) is 13.2 Å². The van der Waals surface area contributed by atoms with Gasteiger partial charge in [0.25, 0.3) is 0 Å². The molecule has 0 unspecified atom stereocenters. The molecule has 0 radical (unpaired) electrons. The Kier molecular flexibility index (Phi) is 5.19. The van der Waals surface area contributed by atoms with Gasteiger partial charge in [0.05, 0.1) is 5.69 Å². The minimum absolute atomic E-state index is 0.244. The first-order chi connectivity index (χ1) is 11.8. The summed E-state index contributed by atoms with van der Waals surface area (Å²) in [7, 11) is 0. The molecule has 24 heavy (non-hydrogen) atoms. The molecule has 0 aliphatic carbocycles. The normalized spacial score (nSPS) is 10.3. The highest BCUT2D eigenvalue weighted by atomic mass is 16.5. The molecule has 6 heteroatoms. The van der Waals surface area contributed by atoms with E-state index in [1.165, 1.54) is 0 Å². The zero-order valence-electron chi connectivity index (χ0n) is 13.1. The van der Waals surface area contributed by atoms with Crippen LogP contribution in [0, 0.1) is 0 Å². The van der Waals surface area contributed by atoms with Crippen LogP contribution < -0.4 is 4.68 Å². The predicted octanol–water partition coefficient (Wildman–Crippen LogP) is 1.96. The van der Waals surface area contributed by atoms with Gasteiger partial charge in [0, 0.05) is 17.8 Å². The highest BCUT2D eigenvalue weighted by Crippen LogP contribution is 2.11. The Balaban J connectivity index is 1.49. The molecule has 0 N–H and O–H groups in total. The van der Waals surface area contributed by atoms with Gasteiger partial charge in [0.15, 0.2) is 12.7 Å². The quantitative estimate of drug-likeness (QED) is 0.513. The number of aryl methyl sites for hydroxylation is 1. The summed E-state index contributed by atoms with van der Waals surface area (Å²) in [6, 6.07) is 15.2. The lowest BCUT2D eigenvalue weighted by molar-refractivity contribution is -0.752. The summed E-state index contributed by atoms with van der Waals surface area (Å²) in [6.07, 6.45) is 5.42. The third kappa shape index (κ3) is 4.42. The third-order valence-corrected chi connectivity index (χ3v) is 3.43. The first kappa shape index (κ1) is 15.7. The van der Waals surface area contributed by atoms with Crippen molar-refractivity contribution >= 4 is 5.97 Å². The number of carbonyl (C=O) groups excluding carboxylic acids is 1. The van der Waals surface area contributed by atoms with Crippen LogP contribution in [0.5, 0.6) is 0 Å². The first-order valence-electron chi connectivity index (χ1n) is 7.65. The number of nitrogens with zero attached hydrogens (tertiary/aromatic N) is 4. The summed E-state index contributed by atoms with van der Waals surface area (Å²) in [5.74, 6) is -0.244. The lowest BCUT2D eigenvalue weighted by Gasteiger charge is -2.03. The van der Waals surface area contributed by atoms with E-state index >= 15 is 0 Å². The van der Waals surface area contributed by atoms with Crippen molar-refractivity contribution in [3.8, 4) is 11.3 Å². The smallest absolute Gasteiger partial charge is 0.312 e. The first-order valence-corrected chi connectivity index (χ1v) is 7.65. The number of esters is 1. The van der Waals surface area contributed by atoms with E-state index in [0.717, 1.165) is 16.8 Å². The Bertz CT molecular complexity index is 777. The molecule has 0 aliphatic rings. The second kappa shape index (κ2) is 7.92. The molecule has 1 aromatic carbocycles. The van der Waals surface area contributed by atoms with Gasteiger partial charge in [0.2, 0.25) is 0 Å². The van der Waals surface area contributed by atoms with Crippen molar-refractivity contribution < 1.29 is 14.2 Å². The molecule has 0 spiro atoms. The van der Waals surface area contributed by atoms with Gasteiger partial charge < -0.3 is 4.74 Å². The monoisotopic (exact) mass is 321 g/mol. The Morgan fingerprint density at radius 1 is 1.08 bits per heavy atom. The number of hydrogen-bond donors (Lipinski definition) is 0. The standard InChI is InChI=1S/C18H17N4O2/c23-18(24-14-15-5-2-1-3-6-15)9-12-22-11-8-16(13-20-22)17-7-4-10-19-21-17/h1-8,10-11,13H,9,12,14H2/q+1. The van der Waals surface area contributed by atoms with Gasteiger partial charge in [-0.05, 0) is 22.8 Å². The van der Waals surface area contributed by atoms with Gasteiger partial charge in [0.1, 0.15) is 19.2 Å². The lowest BCUT2D eigenvalue weighted by Crippen LogP contribution is -2.38. The topological polar surface area (TPSA) is 68.9 Å². The summed E-state index contributed by atoms with van der Waals surface area (Å²) < 4.78 is 6.94. The van der Waals surface area contributed by atoms with Crippen LogP contribution in [0.2, 0.25) is 0 Å². The number of ether oxygens (including phenoxy) is 1. The number of benzene rings is 1. The van der Waals surface area contributed by atoms with E-state index in [2.05, 4.69) is 15.3 Å². The molecule has 2 aromatic heterocycles. The molecule has 0 bridgehead atoms. The van der Waals surface area contributed by atoms with Crippen LogP contribution in [-0.2, 0) is 22.7 Å². The Morgan fingerprint density at radius 2 is 1.96 bits per heavy atom. The molecule has 120 valence electrons. The molecule has 6 nitrogen and oxygen atoms in total. The molecular formula is C18H17N4O2+. The zero-order chi connectivity index (χ0) is 16.6. The van der Waals surface area contributed by atoms with Crippen LogP contribution in [0.4, 0.5) is 0 Å². The molecule has 3 rings (SSSR count). The maximum absolute atomic E-state index is 11.8. The molecule has 0 saturated carbocycles. The Labute approximate surface area is 139 Å². The van der Waals surface area contributed by atoms with Crippen LogP contribution in [0.1, 0.15) is 12.0 Å². The fourth-order valence-electron chi connectivity index (χ4n) is 2.14. The molecule has 0 amide bonds. The van der Waals surface area contributed by atoms with Crippen molar-refractivity contribution in [1.82, 2.24) is 15.3 Å². The van der Waals surface area contributed by atoms with Crippen LogP contribution in [-0.4, -0.2) is 21.3 Å². The van der Waals surface area contributed by atoms with Crippen molar-refractivity contribution in [2.24, 2.45) is 0 Å². The van der Waals surface area contributed by atoms with Gasteiger partial charge in [-0.3, -0.25) is 4.79 Å². The summed E-state index contributed by atoms with van der Waals surface area (Å²) in [6.45, 7) is 0.762. The highest BCUT2D eigenvalue weighted by molar-refractivity contribution is 5.69. The molecular weight excluding hydrogens is 304 g/mol. The average molecular weight is 321 g/mol. The summed E-state index contributed by atoms with van der Waals surface area (Å²) in [4.78, 5) is 11.8. The Hall–Kier alpha value is -3.15. The lowest BCUT2D eigenvalue weighted by atomic mass is 10.2. The number of aromatic nitrogens is 4. The molecule has 3 aromatic rings. The second-order valence-electron chi connectivity index (χ2n) is 5.18. The maximum Gasteiger partial charge on any atom is 0.312 e. The van der Waals surface area contributed by atoms with E-state index in [1.807, 2.05) is 54.7 Å². The van der Waals surface area contributed by atoms with Gasteiger partial charge in [-0.15, -0.1) is 0 Å². The van der Waals surface area contributed by atoms with Crippen LogP contribution in [0.25, 0.3) is 11.3 Å². The zero-order valence-corrected chi connectivity index (χ0v) is 13.1. The predicted molar refractivity (Wildman–Crippen MR) is 86.3 cm³/mol. The minimum atomic E-state index is -0.244. The Morgan fingerprint density at radius 3 is 2.67 bits per heavy atom. The van der Waals surface area contributed by atoms with Gasteiger partial charge >= 0.3 is 5.97 Å². The number of carbonyl (C=O) groups is 1. The maximum atomic E-state index is 11.8. The summed E-state index contributed by atoms with van der Waals surface area (Å²) in [5, 5.41) is 12.2. The van der Waals surface area contributed by atoms with E-state index in [9.17, 15) is 4.79 Å². The van der Waals surface area contributed by atoms with Crippen LogP contribution >= 0.6 is 0 Å². The van der Waals surface area contributed by atoms with Gasteiger partial charge in [-0.1, -0.05) is 35.0 Å². The van der Waals surface area contributed by atoms with E-state index in [-0.39, 0.29) is 12.4 Å². The fourth-order valence-corrected chi connectivity index (χ4v) is 2.14. The summed E-state index contributed by atoms with van der Waals surface area (Å²) >= 11 is 0. The van der Waals surface area contributed by atoms with Crippen LogP contribution in [0.15, 0.2) is 67.1 Å². The highest BCUT2D eigenvalue weighted by Gasteiger charge is 2.10. The van der Waals surface area contributed by atoms with E-state index in [1.54, 1.807) is 17.1 Å². The molecule has 0 fully saturated rings. The SMILES string of the molecule is O=C(CC[n+]1ccc(-c2cccnn2)cn1)OCc1ccccc1. The van der Waals surface area contributed by atoms with Crippen molar-refractivity contribution in [2.75, 3.05) is 0 Å². The van der Waals surface area contributed by atoms with Crippen LogP contribution in [0.3, 0.4) is 0 Å². The average Bonchev–Trinajstić information content (AvgIpc) is 2.67. The number of hydrogen-bond acceptors (Lipinski definition) is 5. The van der Waals surface area contributed by atoms with Crippen molar-refractivity contribution in [1.29, 1.82) is 0 Å².